The van der Waals surface area contributed by atoms with Crippen LogP contribution in [-0.4, -0.2) is 60.8 Å². The summed E-state index contributed by atoms with van der Waals surface area (Å²) >= 11 is 0. The Balaban J connectivity index is 1.86. The fourth-order valence-electron chi connectivity index (χ4n) is 3.77. The summed E-state index contributed by atoms with van der Waals surface area (Å²) in [5.74, 6) is 0.818. The van der Waals surface area contributed by atoms with Crippen LogP contribution >= 0.6 is 0 Å². The normalized spacial score (nSPS) is 33.8. The van der Waals surface area contributed by atoms with E-state index in [-0.39, 0.29) is 6.10 Å². The topological polar surface area (TPSA) is 26.7 Å². The van der Waals surface area contributed by atoms with Crippen LogP contribution < -0.4 is 0 Å². The van der Waals surface area contributed by atoms with Crippen LogP contribution in [0.3, 0.4) is 0 Å². The molecule has 0 amide bonds. The van der Waals surface area contributed by atoms with Crippen LogP contribution in [0.4, 0.5) is 0 Å². The molecule has 0 aromatic carbocycles. The van der Waals surface area contributed by atoms with Gasteiger partial charge in [-0.2, -0.15) is 0 Å². The van der Waals surface area contributed by atoms with E-state index in [1.54, 1.807) is 0 Å². The minimum atomic E-state index is -0.121. The molecule has 3 nitrogen and oxygen atoms in total. The number of likely N-dealkylation sites (N-methyl/N-ethyl adjacent to an activating group) is 1. The Hall–Kier alpha value is -0.120. The van der Waals surface area contributed by atoms with Gasteiger partial charge in [0, 0.05) is 12.6 Å². The van der Waals surface area contributed by atoms with Gasteiger partial charge in [0.15, 0.2) is 0 Å². The molecule has 0 aromatic rings. The van der Waals surface area contributed by atoms with E-state index in [9.17, 15) is 5.11 Å². The summed E-state index contributed by atoms with van der Waals surface area (Å²) in [6.07, 6.45) is 5.77. The van der Waals surface area contributed by atoms with Gasteiger partial charge in [0.05, 0.1) is 6.10 Å². The van der Waals surface area contributed by atoms with Gasteiger partial charge in [-0.3, -0.25) is 0 Å². The van der Waals surface area contributed by atoms with Crippen molar-refractivity contribution in [2.24, 2.45) is 11.3 Å². The fraction of sp³-hybridized carbons (Fsp3) is 1.00. The summed E-state index contributed by atoms with van der Waals surface area (Å²) in [6.45, 7) is 8.31. The first kappa shape index (κ1) is 15.3. The number of piperidine rings is 1. The van der Waals surface area contributed by atoms with Gasteiger partial charge in [-0.15, -0.1) is 0 Å². The molecule has 0 spiro atoms. The second-order valence-corrected chi connectivity index (χ2v) is 7.73. The van der Waals surface area contributed by atoms with E-state index in [2.05, 4.69) is 37.7 Å². The first-order valence-electron chi connectivity index (χ1n) is 7.94. The summed E-state index contributed by atoms with van der Waals surface area (Å²) in [4.78, 5) is 4.87. The highest BCUT2D eigenvalue weighted by Crippen LogP contribution is 2.37. The molecular weight excluding hydrogens is 236 g/mol. The van der Waals surface area contributed by atoms with Crippen LogP contribution in [0.2, 0.25) is 0 Å². The molecule has 3 heteroatoms. The zero-order valence-corrected chi connectivity index (χ0v) is 13.2. The number of hydrogen-bond donors (Lipinski definition) is 1. The number of hydrogen-bond acceptors (Lipinski definition) is 3. The molecule has 0 bridgehead atoms. The van der Waals surface area contributed by atoms with Gasteiger partial charge in [-0.25, -0.2) is 0 Å². The van der Waals surface area contributed by atoms with E-state index in [0.29, 0.717) is 11.5 Å². The largest absolute Gasteiger partial charge is 0.391 e. The van der Waals surface area contributed by atoms with E-state index >= 15 is 0 Å². The Labute approximate surface area is 119 Å². The molecule has 1 saturated carbocycles. The van der Waals surface area contributed by atoms with Crippen LogP contribution in [0.5, 0.6) is 0 Å². The molecule has 0 radical (unpaired) electrons. The first-order chi connectivity index (χ1) is 8.87. The van der Waals surface area contributed by atoms with Crippen molar-refractivity contribution < 1.29 is 5.11 Å². The summed E-state index contributed by atoms with van der Waals surface area (Å²) < 4.78 is 0. The number of likely N-dealkylation sites (tertiary alicyclic amines) is 1. The van der Waals surface area contributed by atoms with E-state index in [4.69, 9.17) is 0 Å². The molecule has 1 aliphatic heterocycles. The zero-order chi connectivity index (χ0) is 14.0. The summed E-state index contributed by atoms with van der Waals surface area (Å²) in [6, 6.07) is 0.364. The second kappa shape index (κ2) is 6.11. The van der Waals surface area contributed by atoms with Crippen molar-refractivity contribution in [1.29, 1.82) is 0 Å². The monoisotopic (exact) mass is 268 g/mol. The van der Waals surface area contributed by atoms with Crippen LogP contribution in [0.25, 0.3) is 0 Å². The number of aliphatic hydroxyl groups is 1. The second-order valence-electron chi connectivity index (χ2n) is 7.73. The Morgan fingerprint density at radius 2 is 1.84 bits per heavy atom. The molecule has 1 N–H and O–H groups in total. The maximum absolute atomic E-state index is 10.3. The molecule has 2 atom stereocenters. The minimum absolute atomic E-state index is 0.121. The highest BCUT2D eigenvalue weighted by atomic mass is 16.3. The fourth-order valence-corrected chi connectivity index (χ4v) is 3.77. The van der Waals surface area contributed by atoms with E-state index in [1.807, 2.05) is 0 Å². The molecule has 2 unspecified atom stereocenters. The standard InChI is InChI=1S/C16H32N2O/c1-16(2)8-5-15(19)14(11-16)18(4)12-13-6-9-17(3)10-7-13/h13-15,19H,5-12H2,1-4H3. The average Bonchev–Trinajstić information content (AvgIpc) is 2.35. The maximum Gasteiger partial charge on any atom is 0.0695 e. The van der Waals surface area contributed by atoms with Crippen molar-refractivity contribution in [1.82, 2.24) is 9.80 Å². The Bertz CT molecular complexity index is 284. The number of rotatable bonds is 3. The van der Waals surface area contributed by atoms with Gasteiger partial charge >= 0.3 is 0 Å². The molecule has 0 aromatic heterocycles. The van der Waals surface area contributed by atoms with E-state index < -0.39 is 0 Å². The Morgan fingerprint density at radius 3 is 2.47 bits per heavy atom. The van der Waals surface area contributed by atoms with Crippen molar-refractivity contribution in [2.45, 2.75) is 58.1 Å². The van der Waals surface area contributed by atoms with E-state index in [0.717, 1.165) is 31.7 Å². The SMILES string of the molecule is CN1CCC(CN(C)C2CC(C)(C)CCC2O)CC1. The average molecular weight is 268 g/mol. The highest BCUT2D eigenvalue weighted by Gasteiger charge is 2.36. The van der Waals surface area contributed by atoms with Crippen molar-refractivity contribution in [3.63, 3.8) is 0 Å². The highest BCUT2D eigenvalue weighted by molar-refractivity contribution is 4.90. The molecular formula is C16H32N2O. The van der Waals surface area contributed by atoms with Crippen LogP contribution in [0.15, 0.2) is 0 Å². The lowest BCUT2D eigenvalue weighted by Crippen LogP contribution is -2.49. The van der Waals surface area contributed by atoms with Gasteiger partial charge < -0.3 is 14.9 Å². The molecule has 1 aliphatic carbocycles. The van der Waals surface area contributed by atoms with Gasteiger partial charge in [-0.1, -0.05) is 13.8 Å². The lowest BCUT2D eigenvalue weighted by atomic mass is 9.73. The van der Waals surface area contributed by atoms with Crippen molar-refractivity contribution >= 4 is 0 Å². The Morgan fingerprint density at radius 1 is 1.21 bits per heavy atom. The first-order valence-corrected chi connectivity index (χ1v) is 7.94. The molecule has 2 fully saturated rings. The third-order valence-corrected chi connectivity index (χ3v) is 5.27. The lowest BCUT2D eigenvalue weighted by Gasteiger charge is -2.44. The molecule has 2 rings (SSSR count). The predicted molar refractivity (Wildman–Crippen MR) is 80.3 cm³/mol. The quantitative estimate of drug-likeness (QED) is 0.850. The van der Waals surface area contributed by atoms with Crippen molar-refractivity contribution in [3.8, 4) is 0 Å². The van der Waals surface area contributed by atoms with Crippen LogP contribution in [0, 0.1) is 11.3 Å². The predicted octanol–water partition coefficient (Wildman–Crippen LogP) is 2.20. The van der Waals surface area contributed by atoms with Crippen molar-refractivity contribution in [2.75, 3.05) is 33.7 Å². The molecule has 1 saturated heterocycles. The Kier molecular flexibility index (Phi) is 4.91. The van der Waals surface area contributed by atoms with Crippen molar-refractivity contribution in [3.05, 3.63) is 0 Å². The molecule has 19 heavy (non-hydrogen) atoms. The lowest BCUT2D eigenvalue weighted by molar-refractivity contribution is -0.0149. The third-order valence-electron chi connectivity index (χ3n) is 5.27. The summed E-state index contributed by atoms with van der Waals surface area (Å²) in [5.41, 5.74) is 0.394. The maximum atomic E-state index is 10.3. The molecule has 112 valence electrons. The number of nitrogens with zero attached hydrogens (tertiary/aromatic N) is 2. The van der Waals surface area contributed by atoms with Gasteiger partial charge in [-0.05, 0) is 70.6 Å². The molecule has 2 aliphatic rings. The van der Waals surface area contributed by atoms with E-state index in [1.165, 1.54) is 25.9 Å². The van der Waals surface area contributed by atoms with Crippen LogP contribution in [0.1, 0.15) is 46.0 Å². The molecule has 1 heterocycles. The van der Waals surface area contributed by atoms with Gasteiger partial charge in [0.1, 0.15) is 0 Å². The van der Waals surface area contributed by atoms with Crippen LogP contribution in [-0.2, 0) is 0 Å². The summed E-state index contributed by atoms with van der Waals surface area (Å²) in [7, 11) is 4.43. The van der Waals surface area contributed by atoms with Gasteiger partial charge in [0.25, 0.3) is 0 Å². The third kappa shape index (κ3) is 4.17. The van der Waals surface area contributed by atoms with Gasteiger partial charge in [0.2, 0.25) is 0 Å². The number of aliphatic hydroxyl groups excluding tert-OH is 1. The minimum Gasteiger partial charge on any atom is -0.391 e. The smallest absolute Gasteiger partial charge is 0.0695 e. The zero-order valence-electron chi connectivity index (χ0n) is 13.2. The summed E-state index contributed by atoms with van der Waals surface area (Å²) in [5, 5.41) is 10.3.